The van der Waals surface area contributed by atoms with Gasteiger partial charge in [0.15, 0.2) is 5.13 Å². The second-order valence-electron chi connectivity index (χ2n) is 7.07. The Kier molecular flexibility index (Phi) is 5.99. The van der Waals surface area contributed by atoms with Crippen molar-refractivity contribution in [1.82, 2.24) is 9.97 Å². The molecule has 10 heteroatoms. The minimum absolute atomic E-state index is 0.0306. The van der Waals surface area contributed by atoms with Crippen molar-refractivity contribution in [2.75, 3.05) is 17.2 Å². The van der Waals surface area contributed by atoms with Crippen molar-refractivity contribution >= 4 is 39.9 Å². The number of nitrogens with zero attached hydrogens (tertiary/aromatic N) is 1. The molecular weight excluding hydrogens is 418 g/mol. The van der Waals surface area contributed by atoms with E-state index in [-0.39, 0.29) is 11.8 Å². The maximum Gasteiger partial charge on any atom is 0.265 e. The molecule has 0 radical (unpaired) electrons. The fourth-order valence-corrected chi connectivity index (χ4v) is 3.94. The lowest BCUT2D eigenvalue weighted by Crippen LogP contribution is -2.18. The molecule has 3 amide bonds. The summed E-state index contributed by atoms with van der Waals surface area (Å²) >= 11 is 1.31. The molecule has 31 heavy (non-hydrogen) atoms. The van der Waals surface area contributed by atoms with Gasteiger partial charge in [0.2, 0.25) is 11.8 Å². The second kappa shape index (κ2) is 9.00. The van der Waals surface area contributed by atoms with Crippen LogP contribution >= 0.6 is 11.3 Å². The molecule has 0 spiro atoms. The number of ether oxygens (including phenoxy) is 1. The minimum Gasteiger partial charge on any atom is -0.494 e. The number of H-pyrrole nitrogens is 1. The standard InChI is InChI=1S/C21H21N5O4S/c22-20(29)16-9-13(10-23-16)17-11-31-21(25-17)26-18(27)2-1-7-30-14-4-5-15-12(8-14)3-6-19(28)24-15/h4-5,8-11,23H,1-3,6-7H2,(H2,22,29)(H,24,28)(H,25,26,27). The first-order valence-electron chi connectivity index (χ1n) is 9.77. The van der Waals surface area contributed by atoms with Crippen LogP contribution in [0.3, 0.4) is 0 Å². The number of hydrogen-bond donors (Lipinski definition) is 4. The van der Waals surface area contributed by atoms with Crippen LogP contribution in [-0.4, -0.2) is 34.3 Å². The summed E-state index contributed by atoms with van der Waals surface area (Å²) in [5, 5.41) is 7.89. The number of carbonyl (C=O) groups excluding carboxylic acids is 3. The average Bonchev–Trinajstić information content (AvgIpc) is 3.41. The van der Waals surface area contributed by atoms with Crippen LogP contribution in [0.5, 0.6) is 5.75 Å². The Morgan fingerprint density at radius 1 is 1.26 bits per heavy atom. The van der Waals surface area contributed by atoms with E-state index in [0.717, 1.165) is 22.6 Å². The molecule has 3 aromatic rings. The first kappa shape index (κ1) is 20.6. The lowest BCUT2D eigenvalue weighted by molar-refractivity contribution is -0.117. The highest BCUT2D eigenvalue weighted by atomic mass is 32.1. The molecule has 9 nitrogen and oxygen atoms in total. The number of carbonyl (C=O) groups is 3. The molecule has 1 aliphatic heterocycles. The molecule has 5 N–H and O–H groups in total. The highest BCUT2D eigenvalue weighted by Crippen LogP contribution is 2.27. The zero-order chi connectivity index (χ0) is 21.8. The molecule has 0 unspecified atom stereocenters. The van der Waals surface area contributed by atoms with Crippen LogP contribution in [0.15, 0.2) is 35.8 Å². The predicted octanol–water partition coefficient (Wildman–Crippen LogP) is 2.92. The number of thiazole rings is 1. The van der Waals surface area contributed by atoms with Gasteiger partial charge in [-0.3, -0.25) is 14.4 Å². The molecule has 1 aliphatic rings. The average molecular weight is 439 g/mol. The van der Waals surface area contributed by atoms with Gasteiger partial charge in [0.05, 0.1) is 12.3 Å². The number of fused-ring (bicyclic) bond motifs is 1. The van der Waals surface area contributed by atoms with E-state index in [9.17, 15) is 14.4 Å². The van der Waals surface area contributed by atoms with Gasteiger partial charge in [-0.1, -0.05) is 0 Å². The molecule has 160 valence electrons. The Labute approximate surface area is 182 Å². The molecular formula is C21H21N5O4S. The van der Waals surface area contributed by atoms with Crippen LogP contribution in [-0.2, 0) is 16.0 Å². The Balaban J connectivity index is 1.22. The van der Waals surface area contributed by atoms with Gasteiger partial charge in [0, 0.05) is 35.7 Å². The van der Waals surface area contributed by atoms with Crippen LogP contribution in [0.25, 0.3) is 11.3 Å². The van der Waals surface area contributed by atoms with E-state index in [2.05, 4.69) is 20.6 Å². The summed E-state index contributed by atoms with van der Waals surface area (Å²) in [4.78, 5) is 41.9. The van der Waals surface area contributed by atoms with Crippen LogP contribution in [0, 0.1) is 0 Å². The minimum atomic E-state index is -0.542. The number of benzene rings is 1. The van der Waals surface area contributed by atoms with E-state index in [0.29, 0.717) is 48.8 Å². The summed E-state index contributed by atoms with van der Waals surface area (Å²) in [6.07, 6.45) is 3.67. The SMILES string of the molecule is NC(=O)c1cc(-c2csc(NC(=O)CCCOc3ccc4c(c3)CCC(=O)N4)n2)c[nH]1. The number of aromatic nitrogens is 2. The summed E-state index contributed by atoms with van der Waals surface area (Å²) in [5.41, 5.74) is 8.80. The quantitative estimate of drug-likeness (QED) is 0.400. The number of nitrogens with one attached hydrogen (secondary N) is 3. The Morgan fingerprint density at radius 3 is 2.94 bits per heavy atom. The molecule has 3 heterocycles. The highest BCUT2D eigenvalue weighted by molar-refractivity contribution is 7.14. The number of hydrogen-bond acceptors (Lipinski definition) is 6. The maximum absolute atomic E-state index is 12.2. The molecule has 0 bridgehead atoms. The topological polar surface area (TPSA) is 139 Å². The van der Waals surface area contributed by atoms with E-state index >= 15 is 0 Å². The van der Waals surface area contributed by atoms with Crippen molar-refractivity contribution in [3.8, 4) is 17.0 Å². The van der Waals surface area contributed by atoms with Crippen LogP contribution in [0.2, 0.25) is 0 Å². The normalized spacial score (nSPS) is 12.7. The lowest BCUT2D eigenvalue weighted by Gasteiger charge is -2.17. The molecule has 4 rings (SSSR count). The molecule has 0 saturated heterocycles. The largest absolute Gasteiger partial charge is 0.494 e. The Morgan fingerprint density at radius 2 is 2.13 bits per heavy atom. The number of primary amides is 1. The van der Waals surface area contributed by atoms with Crippen LogP contribution in [0.1, 0.15) is 35.3 Å². The molecule has 1 aromatic carbocycles. The third-order valence-corrected chi connectivity index (χ3v) is 5.54. The number of amides is 3. The van der Waals surface area contributed by atoms with Gasteiger partial charge in [0.1, 0.15) is 11.4 Å². The number of anilines is 2. The van der Waals surface area contributed by atoms with E-state index in [1.807, 2.05) is 18.2 Å². The van der Waals surface area contributed by atoms with Crippen molar-refractivity contribution in [2.45, 2.75) is 25.7 Å². The van der Waals surface area contributed by atoms with Gasteiger partial charge in [-0.05, 0) is 42.7 Å². The van der Waals surface area contributed by atoms with Crippen molar-refractivity contribution < 1.29 is 19.1 Å². The van der Waals surface area contributed by atoms with E-state index in [1.54, 1.807) is 17.6 Å². The summed E-state index contributed by atoms with van der Waals surface area (Å²) < 4.78 is 5.74. The summed E-state index contributed by atoms with van der Waals surface area (Å²) in [6.45, 7) is 0.404. The van der Waals surface area contributed by atoms with Crippen molar-refractivity contribution in [2.24, 2.45) is 5.73 Å². The third kappa shape index (κ3) is 5.10. The fourth-order valence-electron chi connectivity index (χ4n) is 3.20. The summed E-state index contributed by atoms with van der Waals surface area (Å²) in [5.74, 6) is 0.0636. The zero-order valence-corrected chi connectivity index (χ0v) is 17.4. The number of aryl methyl sites for hydroxylation is 1. The number of nitrogens with two attached hydrogens (primary N) is 1. The highest BCUT2D eigenvalue weighted by Gasteiger charge is 2.15. The monoisotopic (exact) mass is 439 g/mol. The van der Waals surface area contributed by atoms with Gasteiger partial charge < -0.3 is 26.1 Å². The Bertz CT molecular complexity index is 1140. The smallest absolute Gasteiger partial charge is 0.265 e. The van der Waals surface area contributed by atoms with Crippen molar-refractivity contribution in [3.63, 3.8) is 0 Å². The van der Waals surface area contributed by atoms with Gasteiger partial charge >= 0.3 is 0 Å². The molecule has 0 atom stereocenters. The first-order valence-corrected chi connectivity index (χ1v) is 10.7. The van der Waals surface area contributed by atoms with Gasteiger partial charge in [-0.15, -0.1) is 11.3 Å². The predicted molar refractivity (Wildman–Crippen MR) is 117 cm³/mol. The molecule has 0 saturated carbocycles. The maximum atomic E-state index is 12.2. The van der Waals surface area contributed by atoms with Gasteiger partial charge in [-0.2, -0.15) is 0 Å². The molecule has 2 aromatic heterocycles. The third-order valence-electron chi connectivity index (χ3n) is 4.78. The number of rotatable bonds is 8. The summed E-state index contributed by atoms with van der Waals surface area (Å²) in [6, 6.07) is 7.20. The van der Waals surface area contributed by atoms with E-state index in [4.69, 9.17) is 10.5 Å². The lowest BCUT2D eigenvalue weighted by atomic mass is 10.0. The van der Waals surface area contributed by atoms with E-state index in [1.165, 1.54) is 11.3 Å². The van der Waals surface area contributed by atoms with Crippen molar-refractivity contribution in [3.05, 3.63) is 47.1 Å². The fraction of sp³-hybridized carbons (Fsp3) is 0.238. The van der Waals surface area contributed by atoms with Gasteiger partial charge in [0.25, 0.3) is 5.91 Å². The zero-order valence-electron chi connectivity index (χ0n) is 16.6. The first-order chi connectivity index (χ1) is 15.0. The second-order valence-corrected chi connectivity index (χ2v) is 7.93. The molecule has 0 aliphatic carbocycles. The Hall–Kier alpha value is -3.66. The van der Waals surface area contributed by atoms with E-state index < -0.39 is 5.91 Å². The van der Waals surface area contributed by atoms with Crippen LogP contribution < -0.4 is 21.1 Å². The van der Waals surface area contributed by atoms with Crippen molar-refractivity contribution in [1.29, 1.82) is 0 Å². The van der Waals surface area contributed by atoms with Crippen LogP contribution in [0.4, 0.5) is 10.8 Å². The summed E-state index contributed by atoms with van der Waals surface area (Å²) in [7, 11) is 0. The number of aromatic amines is 1. The molecule has 0 fully saturated rings. The van der Waals surface area contributed by atoms with Gasteiger partial charge in [-0.25, -0.2) is 4.98 Å².